The van der Waals surface area contributed by atoms with Crippen molar-refractivity contribution in [2.45, 2.75) is 13.0 Å². The number of methoxy groups -OCH3 is 3. The van der Waals surface area contributed by atoms with Crippen molar-refractivity contribution in [2.75, 3.05) is 54.1 Å². The monoisotopic (exact) mass is 420 g/mol. The van der Waals surface area contributed by atoms with Gasteiger partial charge in [0.1, 0.15) is 5.75 Å². The minimum absolute atomic E-state index is 0.0638. The van der Waals surface area contributed by atoms with Crippen molar-refractivity contribution < 1.29 is 18.9 Å². The standard InChI is InChI=1S/C22H29ClN2O4/c1-5-29-18-7-6-16(23)14-17(18)21(25-10-8-24-9-11-25)15-12-19(26-2)22(28-4)20(13-15)27-3/h6-7,12-14,21,24H,5,8-11H2,1-4H3. The summed E-state index contributed by atoms with van der Waals surface area (Å²) < 4.78 is 22.7. The average Bonchev–Trinajstić information content (AvgIpc) is 2.75. The van der Waals surface area contributed by atoms with Gasteiger partial charge in [0, 0.05) is 36.8 Å². The van der Waals surface area contributed by atoms with E-state index < -0.39 is 0 Å². The van der Waals surface area contributed by atoms with Crippen molar-refractivity contribution in [3.8, 4) is 23.0 Å². The lowest BCUT2D eigenvalue weighted by molar-refractivity contribution is 0.193. The molecular weight excluding hydrogens is 392 g/mol. The zero-order valence-corrected chi connectivity index (χ0v) is 18.2. The number of halogens is 1. The number of nitrogens with one attached hydrogen (secondary N) is 1. The predicted molar refractivity (Wildman–Crippen MR) is 115 cm³/mol. The normalized spacial score (nSPS) is 15.6. The Labute approximate surface area is 177 Å². The van der Waals surface area contributed by atoms with Gasteiger partial charge in [0.2, 0.25) is 5.75 Å². The van der Waals surface area contributed by atoms with Gasteiger partial charge >= 0.3 is 0 Å². The Morgan fingerprint density at radius 2 is 1.62 bits per heavy atom. The van der Waals surface area contributed by atoms with E-state index in [9.17, 15) is 0 Å². The lowest BCUT2D eigenvalue weighted by Gasteiger charge is -2.36. The Morgan fingerprint density at radius 1 is 0.966 bits per heavy atom. The summed E-state index contributed by atoms with van der Waals surface area (Å²) in [4.78, 5) is 2.42. The fourth-order valence-corrected chi connectivity index (χ4v) is 3.99. The number of hydrogen-bond donors (Lipinski definition) is 1. The zero-order valence-electron chi connectivity index (χ0n) is 17.5. The molecule has 0 aliphatic carbocycles. The van der Waals surface area contributed by atoms with E-state index in [1.54, 1.807) is 21.3 Å². The Balaban J connectivity index is 2.19. The van der Waals surface area contributed by atoms with Gasteiger partial charge in [0.25, 0.3) is 0 Å². The van der Waals surface area contributed by atoms with Crippen LogP contribution in [0, 0.1) is 0 Å². The van der Waals surface area contributed by atoms with E-state index in [-0.39, 0.29) is 6.04 Å². The summed E-state index contributed by atoms with van der Waals surface area (Å²) in [5.41, 5.74) is 2.06. The Morgan fingerprint density at radius 3 is 2.17 bits per heavy atom. The zero-order chi connectivity index (χ0) is 20.8. The van der Waals surface area contributed by atoms with Crippen molar-refractivity contribution in [1.29, 1.82) is 0 Å². The third-order valence-corrected chi connectivity index (χ3v) is 5.32. The van der Waals surface area contributed by atoms with Crippen LogP contribution in [-0.2, 0) is 0 Å². The van der Waals surface area contributed by atoms with Crippen molar-refractivity contribution >= 4 is 11.6 Å². The molecular formula is C22H29ClN2O4. The first kappa shape index (κ1) is 21.6. The molecule has 1 N–H and O–H groups in total. The second-order valence-electron chi connectivity index (χ2n) is 6.76. The molecule has 2 aromatic carbocycles. The molecule has 1 unspecified atom stereocenters. The number of nitrogens with zero attached hydrogens (tertiary/aromatic N) is 1. The maximum Gasteiger partial charge on any atom is 0.203 e. The van der Waals surface area contributed by atoms with E-state index in [0.29, 0.717) is 28.9 Å². The van der Waals surface area contributed by atoms with Crippen LogP contribution >= 0.6 is 11.6 Å². The smallest absolute Gasteiger partial charge is 0.203 e. The fraction of sp³-hybridized carbons (Fsp3) is 0.455. The quantitative estimate of drug-likeness (QED) is 0.701. The molecule has 158 valence electrons. The van der Waals surface area contributed by atoms with Gasteiger partial charge in [-0.05, 0) is 42.8 Å². The van der Waals surface area contributed by atoms with Crippen molar-refractivity contribution in [2.24, 2.45) is 0 Å². The van der Waals surface area contributed by atoms with Crippen molar-refractivity contribution in [1.82, 2.24) is 10.2 Å². The predicted octanol–water partition coefficient (Wildman–Crippen LogP) is 3.76. The number of piperazine rings is 1. The lowest BCUT2D eigenvalue weighted by atomic mass is 9.94. The summed E-state index contributed by atoms with van der Waals surface area (Å²) in [6, 6.07) is 9.73. The topological polar surface area (TPSA) is 52.2 Å². The maximum absolute atomic E-state index is 6.40. The van der Waals surface area contributed by atoms with Gasteiger partial charge in [-0.2, -0.15) is 0 Å². The molecule has 0 aromatic heterocycles. The first-order valence-corrected chi connectivity index (χ1v) is 10.2. The minimum Gasteiger partial charge on any atom is -0.494 e. The minimum atomic E-state index is -0.0638. The van der Waals surface area contributed by atoms with E-state index in [4.69, 9.17) is 30.5 Å². The van der Waals surface area contributed by atoms with Crippen molar-refractivity contribution in [3.05, 3.63) is 46.5 Å². The van der Waals surface area contributed by atoms with Crippen LogP contribution in [0.2, 0.25) is 5.02 Å². The summed E-state index contributed by atoms with van der Waals surface area (Å²) in [6.07, 6.45) is 0. The number of benzene rings is 2. The molecule has 0 spiro atoms. The van der Waals surface area contributed by atoms with Gasteiger partial charge in [-0.25, -0.2) is 0 Å². The third kappa shape index (κ3) is 4.71. The highest BCUT2D eigenvalue weighted by Crippen LogP contribution is 2.44. The van der Waals surface area contributed by atoms with E-state index >= 15 is 0 Å². The highest BCUT2D eigenvalue weighted by atomic mass is 35.5. The molecule has 1 heterocycles. The first-order valence-electron chi connectivity index (χ1n) is 9.79. The van der Waals surface area contributed by atoms with Gasteiger partial charge in [-0.15, -0.1) is 0 Å². The second-order valence-corrected chi connectivity index (χ2v) is 7.20. The van der Waals surface area contributed by atoms with Crippen LogP contribution in [0.1, 0.15) is 24.1 Å². The maximum atomic E-state index is 6.40. The Hall–Kier alpha value is -2.15. The van der Waals surface area contributed by atoms with Crippen LogP contribution in [-0.4, -0.2) is 59.0 Å². The van der Waals surface area contributed by atoms with E-state index in [1.807, 2.05) is 37.3 Å². The molecule has 1 aliphatic rings. The molecule has 0 saturated carbocycles. The fourth-order valence-electron chi connectivity index (χ4n) is 3.81. The van der Waals surface area contributed by atoms with Crippen LogP contribution in [0.15, 0.2) is 30.3 Å². The van der Waals surface area contributed by atoms with Crippen LogP contribution in [0.4, 0.5) is 0 Å². The Kier molecular flexibility index (Phi) is 7.47. The van der Waals surface area contributed by atoms with Gasteiger partial charge in [0.05, 0.1) is 34.0 Å². The van der Waals surface area contributed by atoms with Crippen LogP contribution in [0.25, 0.3) is 0 Å². The average molecular weight is 421 g/mol. The molecule has 2 aromatic rings. The molecule has 7 heteroatoms. The van der Waals surface area contributed by atoms with Gasteiger partial charge in [0.15, 0.2) is 11.5 Å². The first-order chi connectivity index (χ1) is 14.1. The molecule has 1 atom stereocenters. The van der Waals surface area contributed by atoms with Crippen LogP contribution in [0.3, 0.4) is 0 Å². The summed E-state index contributed by atoms with van der Waals surface area (Å²) in [6.45, 7) is 6.21. The number of ether oxygens (including phenoxy) is 4. The Bertz CT molecular complexity index is 799. The van der Waals surface area contributed by atoms with Gasteiger partial charge < -0.3 is 24.3 Å². The molecule has 1 aliphatic heterocycles. The van der Waals surface area contributed by atoms with E-state index in [2.05, 4.69) is 10.2 Å². The summed E-state index contributed by atoms with van der Waals surface area (Å²) >= 11 is 6.40. The van der Waals surface area contributed by atoms with Crippen LogP contribution < -0.4 is 24.3 Å². The van der Waals surface area contributed by atoms with E-state index in [0.717, 1.165) is 43.1 Å². The van der Waals surface area contributed by atoms with Gasteiger partial charge in [-0.3, -0.25) is 4.90 Å². The largest absolute Gasteiger partial charge is 0.494 e. The van der Waals surface area contributed by atoms with E-state index in [1.165, 1.54) is 0 Å². The highest BCUT2D eigenvalue weighted by Gasteiger charge is 2.29. The molecule has 0 bridgehead atoms. The molecule has 3 rings (SSSR count). The highest BCUT2D eigenvalue weighted by molar-refractivity contribution is 6.30. The molecule has 0 radical (unpaired) electrons. The lowest BCUT2D eigenvalue weighted by Crippen LogP contribution is -2.45. The molecule has 1 fully saturated rings. The van der Waals surface area contributed by atoms with Crippen molar-refractivity contribution in [3.63, 3.8) is 0 Å². The molecule has 0 amide bonds. The summed E-state index contributed by atoms with van der Waals surface area (Å²) in [5.74, 6) is 2.66. The van der Waals surface area contributed by atoms with Crippen LogP contribution in [0.5, 0.6) is 23.0 Å². The second kappa shape index (κ2) is 10.1. The summed E-state index contributed by atoms with van der Waals surface area (Å²) in [5, 5.41) is 4.10. The SMILES string of the molecule is CCOc1ccc(Cl)cc1C(c1cc(OC)c(OC)c(OC)c1)N1CCNCC1. The molecule has 6 nitrogen and oxygen atoms in total. The number of rotatable bonds is 8. The van der Waals surface area contributed by atoms with Gasteiger partial charge in [-0.1, -0.05) is 11.6 Å². The molecule has 29 heavy (non-hydrogen) atoms. The summed E-state index contributed by atoms with van der Waals surface area (Å²) in [7, 11) is 4.87. The molecule has 1 saturated heterocycles. The third-order valence-electron chi connectivity index (χ3n) is 5.09. The number of hydrogen-bond acceptors (Lipinski definition) is 6.